The summed E-state index contributed by atoms with van der Waals surface area (Å²) in [6.07, 6.45) is 0.548. The lowest BCUT2D eigenvalue weighted by Gasteiger charge is -2.39. The van der Waals surface area contributed by atoms with Gasteiger partial charge in [0, 0.05) is 31.7 Å². The van der Waals surface area contributed by atoms with Gasteiger partial charge in [0.2, 0.25) is 0 Å². The van der Waals surface area contributed by atoms with E-state index in [9.17, 15) is 8.42 Å². The minimum atomic E-state index is -3.11. The summed E-state index contributed by atoms with van der Waals surface area (Å²) < 4.78 is 30.1. The van der Waals surface area contributed by atoms with Gasteiger partial charge in [0.05, 0.1) is 31.3 Å². The lowest BCUT2D eigenvalue weighted by molar-refractivity contribution is -0.00683. The van der Waals surface area contributed by atoms with Crippen LogP contribution in [0.25, 0.3) is 0 Å². The van der Waals surface area contributed by atoms with Crippen LogP contribution in [-0.4, -0.2) is 76.5 Å². The molecule has 0 aliphatic carbocycles. The van der Waals surface area contributed by atoms with Crippen LogP contribution in [0.4, 0.5) is 0 Å². The summed E-state index contributed by atoms with van der Waals surface area (Å²) in [5, 5.41) is 6.51. The Hall–Kier alpha value is -0.910. The van der Waals surface area contributed by atoms with Gasteiger partial charge in [0.1, 0.15) is 0 Å². The first-order valence-corrected chi connectivity index (χ1v) is 12.2. The maximum absolute atomic E-state index is 12.3. The number of halogens is 1. The van der Waals surface area contributed by atoms with Gasteiger partial charge in [0.15, 0.2) is 15.8 Å². The standard InChI is InChI=1S/C21H36N4O3S.HI/c1-4-22-20(24-18-21(2,3)25-12-14-28-15-13-25)23-11-8-16-29(26,27)17-19-9-6-5-7-10-19;/h5-7,9-10H,4,8,11-18H2,1-3H3,(H2,22,23,24);1H. The first-order chi connectivity index (χ1) is 13.8. The molecule has 7 nitrogen and oxygen atoms in total. The summed E-state index contributed by atoms with van der Waals surface area (Å²) in [7, 11) is -3.11. The lowest BCUT2D eigenvalue weighted by atomic mass is 10.0. The highest BCUT2D eigenvalue weighted by Gasteiger charge is 2.28. The molecular formula is C21H37IN4O3S. The second kappa shape index (κ2) is 13.5. The molecule has 1 saturated heterocycles. The van der Waals surface area contributed by atoms with Gasteiger partial charge in [-0.3, -0.25) is 9.89 Å². The van der Waals surface area contributed by atoms with Crippen LogP contribution in [0.2, 0.25) is 0 Å². The lowest BCUT2D eigenvalue weighted by Crippen LogP contribution is -2.52. The van der Waals surface area contributed by atoms with Crippen molar-refractivity contribution in [2.24, 2.45) is 4.99 Å². The molecule has 30 heavy (non-hydrogen) atoms. The Labute approximate surface area is 199 Å². The Kier molecular flexibility index (Phi) is 12.2. The molecule has 172 valence electrons. The van der Waals surface area contributed by atoms with Crippen molar-refractivity contribution in [3.05, 3.63) is 35.9 Å². The number of hydrogen-bond acceptors (Lipinski definition) is 5. The molecule has 0 amide bonds. The Morgan fingerprint density at radius 1 is 1.17 bits per heavy atom. The number of nitrogens with one attached hydrogen (secondary N) is 2. The van der Waals surface area contributed by atoms with Gasteiger partial charge in [-0.2, -0.15) is 0 Å². The van der Waals surface area contributed by atoms with E-state index in [1.807, 2.05) is 37.3 Å². The number of ether oxygens (including phenoxy) is 1. The molecule has 0 aromatic heterocycles. The smallest absolute Gasteiger partial charge is 0.191 e. The van der Waals surface area contributed by atoms with E-state index >= 15 is 0 Å². The molecule has 0 atom stereocenters. The molecule has 1 heterocycles. The van der Waals surface area contributed by atoms with Gasteiger partial charge in [-0.05, 0) is 32.8 Å². The van der Waals surface area contributed by atoms with E-state index in [-0.39, 0.29) is 41.0 Å². The van der Waals surface area contributed by atoms with E-state index in [1.54, 1.807) is 0 Å². The molecule has 1 aliphatic heterocycles. The molecule has 9 heteroatoms. The number of guanidine groups is 1. The molecule has 2 N–H and O–H groups in total. The monoisotopic (exact) mass is 552 g/mol. The molecule has 1 fully saturated rings. The average molecular weight is 553 g/mol. The van der Waals surface area contributed by atoms with Crippen molar-refractivity contribution in [2.45, 2.75) is 38.5 Å². The number of morpholine rings is 1. The molecule has 1 aromatic rings. The first-order valence-electron chi connectivity index (χ1n) is 10.4. The molecule has 2 rings (SSSR count). The number of rotatable bonds is 10. The van der Waals surface area contributed by atoms with Crippen molar-refractivity contribution >= 4 is 39.8 Å². The number of benzene rings is 1. The molecule has 0 unspecified atom stereocenters. The number of nitrogens with zero attached hydrogens (tertiary/aromatic N) is 2. The van der Waals surface area contributed by atoms with Crippen molar-refractivity contribution in [1.82, 2.24) is 15.5 Å². The Bertz CT molecular complexity index is 736. The van der Waals surface area contributed by atoms with Crippen LogP contribution in [0.3, 0.4) is 0 Å². The number of sulfone groups is 1. The van der Waals surface area contributed by atoms with Crippen LogP contribution in [-0.2, 0) is 20.3 Å². The summed E-state index contributed by atoms with van der Waals surface area (Å²) in [6.45, 7) is 11.8. The second-order valence-electron chi connectivity index (χ2n) is 7.96. The first kappa shape index (κ1) is 27.1. The highest BCUT2D eigenvalue weighted by Crippen LogP contribution is 2.16. The molecular weight excluding hydrogens is 515 g/mol. The Morgan fingerprint density at radius 2 is 1.83 bits per heavy atom. The molecule has 0 radical (unpaired) electrons. The summed E-state index contributed by atoms with van der Waals surface area (Å²) in [4.78, 5) is 7.13. The van der Waals surface area contributed by atoms with E-state index in [0.717, 1.165) is 44.4 Å². The van der Waals surface area contributed by atoms with Crippen molar-refractivity contribution in [3.63, 3.8) is 0 Å². The molecule has 0 spiro atoms. The fourth-order valence-electron chi connectivity index (χ4n) is 3.28. The summed E-state index contributed by atoms with van der Waals surface area (Å²) in [5.74, 6) is 0.984. The van der Waals surface area contributed by atoms with E-state index in [0.29, 0.717) is 19.5 Å². The SMILES string of the molecule is CCNC(=NCC(C)(C)N1CCOCC1)NCCCS(=O)(=O)Cc1ccccc1.I. The minimum Gasteiger partial charge on any atom is -0.379 e. The summed E-state index contributed by atoms with van der Waals surface area (Å²) in [5.41, 5.74) is 0.784. The Balaban J connectivity index is 0.00000450. The summed E-state index contributed by atoms with van der Waals surface area (Å²) >= 11 is 0. The molecule has 0 saturated carbocycles. The second-order valence-corrected chi connectivity index (χ2v) is 10.1. The van der Waals surface area contributed by atoms with Gasteiger partial charge in [-0.1, -0.05) is 30.3 Å². The predicted octanol–water partition coefficient (Wildman–Crippen LogP) is 2.28. The third-order valence-electron chi connectivity index (χ3n) is 4.99. The quantitative estimate of drug-likeness (QED) is 0.201. The molecule has 1 aromatic carbocycles. The highest BCUT2D eigenvalue weighted by molar-refractivity contribution is 14.0. The third-order valence-corrected chi connectivity index (χ3v) is 6.67. The van der Waals surface area contributed by atoms with Gasteiger partial charge in [0.25, 0.3) is 0 Å². The van der Waals surface area contributed by atoms with E-state index < -0.39 is 9.84 Å². The molecule has 0 bridgehead atoms. The zero-order valence-electron chi connectivity index (χ0n) is 18.4. The van der Waals surface area contributed by atoms with Crippen LogP contribution in [0.15, 0.2) is 35.3 Å². The summed E-state index contributed by atoms with van der Waals surface area (Å²) in [6, 6.07) is 9.32. The fraction of sp³-hybridized carbons (Fsp3) is 0.667. The van der Waals surface area contributed by atoms with Crippen LogP contribution < -0.4 is 10.6 Å². The van der Waals surface area contributed by atoms with E-state index in [4.69, 9.17) is 9.73 Å². The third kappa shape index (κ3) is 9.93. The zero-order chi connectivity index (χ0) is 21.2. The van der Waals surface area contributed by atoms with Gasteiger partial charge < -0.3 is 15.4 Å². The van der Waals surface area contributed by atoms with Crippen LogP contribution in [0, 0.1) is 0 Å². The van der Waals surface area contributed by atoms with Gasteiger partial charge in [-0.15, -0.1) is 24.0 Å². The van der Waals surface area contributed by atoms with Crippen LogP contribution in [0.5, 0.6) is 0 Å². The van der Waals surface area contributed by atoms with Crippen molar-refractivity contribution in [3.8, 4) is 0 Å². The van der Waals surface area contributed by atoms with Gasteiger partial charge in [-0.25, -0.2) is 8.42 Å². The Morgan fingerprint density at radius 3 is 2.47 bits per heavy atom. The van der Waals surface area contributed by atoms with Crippen molar-refractivity contribution < 1.29 is 13.2 Å². The zero-order valence-corrected chi connectivity index (χ0v) is 21.5. The molecule has 1 aliphatic rings. The van der Waals surface area contributed by atoms with Crippen LogP contribution >= 0.6 is 24.0 Å². The fourth-order valence-corrected chi connectivity index (χ4v) is 4.71. The largest absolute Gasteiger partial charge is 0.379 e. The topological polar surface area (TPSA) is 83.0 Å². The number of aliphatic imine (C=N–C) groups is 1. The van der Waals surface area contributed by atoms with E-state index in [2.05, 4.69) is 29.4 Å². The average Bonchev–Trinajstić information content (AvgIpc) is 2.70. The van der Waals surface area contributed by atoms with Crippen LogP contribution in [0.1, 0.15) is 32.8 Å². The maximum atomic E-state index is 12.3. The minimum absolute atomic E-state index is 0. The van der Waals surface area contributed by atoms with Crippen molar-refractivity contribution in [1.29, 1.82) is 0 Å². The normalized spacial score (nSPS) is 16.0. The van der Waals surface area contributed by atoms with E-state index in [1.165, 1.54) is 0 Å². The number of hydrogen-bond donors (Lipinski definition) is 2. The van der Waals surface area contributed by atoms with Gasteiger partial charge >= 0.3 is 0 Å². The van der Waals surface area contributed by atoms with Crippen molar-refractivity contribution in [2.75, 3.05) is 51.7 Å². The highest BCUT2D eigenvalue weighted by atomic mass is 127. The predicted molar refractivity (Wildman–Crippen MR) is 134 cm³/mol. The maximum Gasteiger partial charge on any atom is 0.191 e.